The summed E-state index contributed by atoms with van der Waals surface area (Å²) in [6.45, 7) is 0. The van der Waals surface area contributed by atoms with Crippen LogP contribution < -0.4 is 0 Å². The predicted molar refractivity (Wildman–Crippen MR) is 53.4 cm³/mol. The largest absolute Gasteiger partial charge is 0.385 e. The van der Waals surface area contributed by atoms with Crippen LogP contribution in [-0.4, -0.2) is 22.6 Å². The Morgan fingerprint density at radius 3 is 2.67 bits per heavy atom. The average Bonchev–Trinajstić information content (AvgIpc) is 2.27. The smallest absolute Gasteiger partial charge is 0.170 e. The van der Waals surface area contributed by atoms with Crippen LogP contribution in [0.2, 0.25) is 5.02 Å². The molecule has 78 valence electrons. The predicted octanol–water partition coefficient (Wildman–Crippen LogP) is 1.07. The molecule has 15 heavy (non-hydrogen) atoms. The molecule has 0 aromatic heterocycles. The molecule has 0 heterocycles. The minimum atomic E-state index is -1.52. The van der Waals surface area contributed by atoms with E-state index in [9.17, 15) is 9.90 Å². The van der Waals surface area contributed by atoms with Gasteiger partial charge in [0, 0.05) is 5.56 Å². The van der Waals surface area contributed by atoms with E-state index in [4.69, 9.17) is 22.0 Å². The number of rotatable bonds is 3. The first-order valence-electron chi connectivity index (χ1n) is 4.10. The number of halogens is 1. The second-order valence-corrected chi connectivity index (χ2v) is 3.32. The van der Waals surface area contributed by atoms with E-state index in [2.05, 4.69) is 0 Å². The van der Waals surface area contributed by atoms with E-state index in [1.165, 1.54) is 24.3 Å². The van der Waals surface area contributed by atoms with Crippen LogP contribution in [0.5, 0.6) is 0 Å². The zero-order chi connectivity index (χ0) is 11.4. The highest BCUT2D eigenvalue weighted by Crippen LogP contribution is 2.22. The molecule has 0 aliphatic heterocycles. The fourth-order valence-corrected chi connectivity index (χ4v) is 1.25. The standard InChI is InChI=1S/C10H8ClNO3/c11-8-2-1-6(3-7(8)5-13)10(15)9(14)4-12/h1-3,5,9-10,14-15H. The van der Waals surface area contributed by atoms with Gasteiger partial charge in [-0.2, -0.15) is 5.26 Å². The molecule has 1 aromatic carbocycles. The second kappa shape index (κ2) is 4.89. The molecular weight excluding hydrogens is 218 g/mol. The van der Waals surface area contributed by atoms with Crippen LogP contribution in [0, 0.1) is 11.3 Å². The van der Waals surface area contributed by atoms with Gasteiger partial charge in [-0.1, -0.05) is 17.7 Å². The fraction of sp³-hybridized carbons (Fsp3) is 0.200. The number of carbonyl (C=O) groups is 1. The number of hydrogen-bond donors (Lipinski definition) is 2. The Morgan fingerprint density at radius 1 is 1.47 bits per heavy atom. The van der Waals surface area contributed by atoms with Crippen molar-refractivity contribution < 1.29 is 15.0 Å². The summed E-state index contributed by atoms with van der Waals surface area (Å²) in [6.07, 6.45) is -2.33. The van der Waals surface area contributed by atoms with Gasteiger partial charge in [0.15, 0.2) is 12.4 Å². The maximum atomic E-state index is 10.5. The maximum absolute atomic E-state index is 10.5. The zero-order valence-corrected chi connectivity index (χ0v) is 8.35. The Balaban J connectivity index is 3.06. The Bertz CT molecular complexity index is 414. The molecule has 5 heteroatoms. The minimum absolute atomic E-state index is 0.207. The van der Waals surface area contributed by atoms with Gasteiger partial charge in [-0.05, 0) is 17.7 Å². The van der Waals surface area contributed by atoms with Gasteiger partial charge in [-0.15, -0.1) is 0 Å². The molecule has 0 amide bonds. The Labute approximate surface area is 91.3 Å². The van der Waals surface area contributed by atoms with Crippen LogP contribution >= 0.6 is 11.6 Å². The lowest BCUT2D eigenvalue weighted by atomic mass is 10.0. The van der Waals surface area contributed by atoms with Crippen molar-refractivity contribution in [2.45, 2.75) is 12.2 Å². The summed E-state index contributed by atoms with van der Waals surface area (Å²) in [4.78, 5) is 10.5. The molecule has 0 aliphatic carbocycles. The number of carbonyl (C=O) groups excluding carboxylic acids is 1. The van der Waals surface area contributed by atoms with Crippen molar-refractivity contribution in [2.24, 2.45) is 0 Å². The summed E-state index contributed by atoms with van der Waals surface area (Å²) >= 11 is 5.67. The number of nitrogens with zero attached hydrogens (tertiary/aromatic N) is 1. The van der Waals surface area contributed by atoms with Crippen LogP contribution in [0.3, 0.4) is 0 Å². The van der Waals surface area contributed by atoms with Gasteiger partial charge in [-0.25, -0.2) is 0 Å². The molecule has 0 radical (unpaired) electrons. The highest BCUT2D eigenvalue weighted by molar-refractivity contribution is 6.32. The molecule has 1 rings (SSSR count). The molecule has 2 atom stereocenters. The van der Waals surface area contributed by atoms with Crippen LogP contribution in [0.1, 0.15) is 22.0 Å². The summed E-state index contributed by atoms with van der Waals surface area (Å²) in [6, 6.07) is 5.70. The summed E-state index contributed by atoms with van der Waals surface area (Å²) in [7, 11) is 0. The normalized spacial score (nSPS) is 14.0. The van der Waals surface area contributed by atoms with E-state index in [1.807, 2.05) is 0 Å². The molecule has 2 unspecified atom stereocenters. The summed E-state index contributed by atoms with van der Waals surface area (Å²) < 4.78 is 0. The van der Waals surface area contributed by atoms with Gasteiger partial charge in [-0.3, -0.25) is 4.79 Å². The summed E-state index contributed by atoms with van der Waals surface area (Å²) in [5.74, 6) is 0. The monoisotopic (exact) mass is 225 g/mol. The number of aldehydes is 1. The summed E-state index contributed by atoms with van der Waals surface area (Å²) in [5.41, 5.74) is 0.480. The van der Waals surface area contributed by atoms with Crippen molar-refractivity contribution >= 4 is 17.9 Å². The Morgan fingerprint density at radius 2 is 2.13 bits per heavy atom. The first-order chi connectivity index (χ1) is 7.10. The zero-order valence-electron chi connectivity index (χ0n) is 7.59. The SMILES string of the molecule is N#CC(O)C(O)c1ccc(Cl)c(C=O)c1. The lowest BCUT2D eigenvalue weighted by Gasteiger charge is -2.12. The third-order valence-corrected chi connectivity index (χ3v) is 2.26. The van der Waals surface area contributed by atoms with E-state index in [-0.39, 0.29) is 16.1 Å². The highest BCUT2D eigenvalue weighted by atomic mass is 35.5. The van der Waals surface area contributed by atoms with Gasteiger partial charge in [0.1, 0.15) is 6.10 Å². The highest BCUT2D eigenvalue weighted by Gasteiger charge is 2.18. The van der Waals surface area contributed by atoms with Crippen LogP contribution in [-0.2, 0) is 0 Å². The molecule has 0 saturated heterocycles. The van der Waals surface area contributed by atoms with Crippen LogP contribution in [0.15, 0.2) is 18.2 Å². The quantitative estimate of drug-likeness (QED) is 0.596. The molecule has 0 saturated carbocycles. The van der Waals surface area contributed by atoms with Gasteiger partial charge in [0.05, 0.1) is 11.1 Å². The van der Waals surface area contributed by atoms with Gasteiger partial charge in [0.2, 0.25) is 0 Å². The molecule has 0 fully saturated rings. The molecule has 2 N–H and O–H groups in total. The third-order valence-electron chi connectivity index (χ3n) is 1.92. The molecule has 0 aliphatic rings. The van der Waals surface area contributed by atoms with E-state index in [1.54, 1.807) is 0 Å². The van der Waals surface area contributed by atoms with Crippen molar-refractivity contribution in [3.05, 3.63) is 34.3 Å². The van der Waals surface area contributed by atoms with Crippen molar-refractivity contribution in [1.29, 1.82) is 5.26 Å². The first kappa shape index (κ1) is 11.7. The van der Waals surface area contributed by atoms with Crippen molar-refractivity contribution in [2.75, 3.05) is 0 Å². The maximum Gasteiger partial charge on any atom is 0.170 e. The summed E-state index contributed by atoms with van der Waals surface area (Å²) in [5, 5.41) is 27.2. The van der Waals surface area contributed by atoms with Crippen molar-refractivity contribution in [3.8, 4) is 6.07 Å². The Hall–Kier alpha value is -1.41. The Kier molecular flexibility index (Phi) is 3.81. The second-order valence-electron chi connectivity index (χ2n) is 2.92. The van der Waals surface area contributed by atoms with E-state index >= 15 is 0 Å². The number of hydrogen-bond acceptors (Lipinski definition) is 4. The van der Waals surface area contributed by atoms with Crippen LogP contribution in [0.25, 0.3) is 0 Å². The lowest BCUT2D eigenvalue weighted by molar-refractivity contribution is 0.0527. The number of aliphatic hydroxyl groups is 2. The first-order valence-corrected chi connectivity index (χ1v) is 4.48. The molecule has 0 spiro atoms. The minimum Gasteiger partial charge on any atom is -0.385 e. The lowest BCUT2D eigenvalue weighted by Crippen LogP contribution is -2.15. The molecule has 0 bridgehead atoms. The van der Waals surface area contributed by atoms with Gasteiger partial charge in [0.25, 0.3) is 0 Å². The van der Waals surface area contributed by atoms with Gasteiger partial charge < -0.3 is 10.2 Å². The van der Waals surface area contributed by atoms with E-state index in [0.717, 1.165) is 0 Å². The van der Waals surface area contributed by atoms with Crippen molar-refractivity contribution in [1.82, 2.24) is 0 Å². The third kappa shape index (κ3) is 2.54. The van der Waals surface area contributed by atoms with Crippen LogP contribution in [0.4, 0.5) is 0 Å². The van der Waals surface area contributed by atoms with E-state index < -0.39 is 12.2 Å². The number of nitriles is 1. The number of aliphatic hydroxyl groups excluding tert-OH is 2. The fourth-order valence-electron chi connectivity index (χ4n) is 1.09. The average molecular weight is 226 g/mol. The topological polar surface area (TPSA) is 81.3 Å². The molecular formula is C10H8ClNO3. The number of benzene rings is 1. The molecule has 1 aromatic rings. The van der Waals surface area contributed by atoms with Gasteiger partial charge >= 0.3 is 0 Å². The van der Waals surface area contributed by atoms with E-state index in [0.29, 0.717) is 6.29 Å². The van der Waals surface area contributed by atoms with Crippen molar-refractivity contribution in [3.63, 3.8) is 0 Å². The molecule has 4 nitrogen and oxygen atoms in total.